The van der Waals surface area contributed by atoms with Crippen LogP contribution in [0, 0.1) is 5.92 Å². The molecule has 3 aliphatic rings. The van der Waals surface area contributed by atoms with Gasteiger partial charge >= 0.3 is 12.0 Å². The van der Waals surface area contributed by atoms with Crippen molar-refractivity contribution in [2.45, 2.75) is 76.4 Å². The van der Waals surface area contributed by atoms with Crippen molar-refractivity contribution >= 4 is 23.8 Å². The van der Waals surface area contributed by atoms with Gasteiger partial charge in [-0.2, -0.15) is 0 Å². The smallest absolute Gasteiger partial charge is 0.326 e. The van der Waals surface area contributed by atoms with Crippen LogP contribution in [0.15, 0.2) is 0 Å². The number of aliphatic carboxylic acids is 1. The predicted octanol–water partition coefficient (Wildman–Crippen LogP) is 1.34. The van der Waals surface area contributed by atoms with Gasteiger partial charge in [-0.3, -0.25) is 14.5 Å². The molecular formula is C18H27N3O5. The Labute approximate surface area is 152 Å². The van der Waals surface area contributed by atoms with Gasteiger partial charge in [-0.15, -0.1) is 0 Å². The molecule has 2 aliphatic carbocycles. The predicted molar refractivity (Wildman–Crippen MR) is 92.2 cm³/mol. The summed E-state index contributed by atoms with van der Waals surface area (Å²) in [5, 5.41) is 12.0. The zero-order chi connectivity index (χ0) is 19.1. The Kier molecular flexibility index (Phi) is 4.94. The van der Waals surface area contributed by atoms with Crippen molar-refractivity contribution in [3.05, 3.63) is 0 Å². The van der Waals surface area contributed by atoms with Crippen LogP contribution in [-0.4, -0.2) is 62.9 Å². The highest BCUT2D eigenvalue weighted by Gasteiger charge is 2.53. The average Bonchev–Trinajstić information content (AvgIpc) is 3.41. The minimum absolute atomic E-state index is 0.108. The molecule has 1 unspecified atom stereocenters. The number of hydrogen-bond acceptors (Lipinski definition) is 4. The molecule has 2 N–H and O–H groups in total. The maximum Gasteiger partial charge on any atom is 0.326 e. The fourth-order valence-corrected chi connectivity index (χ4v) is 4.16. The summed E-state index contributed by atoms with van der Waals surface area (Å²) in [4.78, 5) is 51.5. The first kappa shape index (κ1) is 18.7. The van der Waals surface area contributed by atoms with E-state index in [1.54, 1.807) is 0 Å². The maximum absolute atomic E-state index is 12.9. The number of imide groups is 1. The van der Waals surface area contributed by atoms with Crippen LogP contribution in [0.4, 0.5) is 4.79 Å². The molecule has 4 amide bonds. The zero-order valence-corrected chi connectivity index (χ0v) is 15.4. The molecule has 0 aromatic carbocycles. The molecule has 8 heteroatoms. The second-order valence-electron chi connectivity index (χ2n) is 7.80. The molecule has 1 heterocycles. The van der Waals surface area contributed by atoms with Crippen molar-refractivity contribution in [1.82, 2.24) is 15.1 Å². The third-order valence-electron chi connectivity index (χ3n) is 6.08. The number of carbonyl (C=O) groups is 4. The summed E-state index contributed by atoms with van der Waals surface area (Å²) in [5.41, 5.74) is -0.883. The van der Waals surface area contributed by atoms with Gasteiger partial charge in [-0.25, -0.2) is 9.59 Å². The summed E-state index contributed by atoms with van der Waals surface area (Å²) in [6, 6.07) is -1.62. The lowest BCUT2D eigenvalue weighted by Crippen LogP contribution is -2.51. The molecule has 1 aliphatic heterocycles. The third kappa shape index (κ3) is 3.29. The zero-order valence-electron chi connectivity index (χ0n) is 15.4. The first-order valence-corrected chi connectivity index (χ1v) is 9.47. The lowest BCUT2D eigenvalue weighted by atomic mass is 9.75. The van der Waals surface area contributed by atoms with Crippen LogP contribution in [-0.2, 0) is 14.4 Å². The van der Waals surface area contributed by atoms with E-state index in [-0.39, 0.29) is 11.9 Å². The number of rotatable bonds is 6. The SMILES string of the molecule is CCC1CCC2(CC1)NC(=O)N(CC(=O)N(C1CC1)C(C)C(=O)O)C2=O. The molecule has 1 saturated heterocycles. The fourth-order valence-electron chi connectivity index (χ4n) is 4.16. The first-order chi connectivity index (χ1) is 12.3. The lowest BCUT2D eigenvalue weighted by molar-refractivity contribution is -0.151. The number of urea groups is 1. The Bertz CT molecular complexity index is 622. The van der Waals surface area contributed by atoms with E-state index in [2.05, 4.69) is 12.2 Å². The number of carboxylic acids is 1. The normalized spacial score (nSPS) is 29.6. The number of hydrogen-bond donors (Lipinski definition) is 2. The number of carboxylic acid groups (broad SMARTS) is 1. The van der Waals surface area contributed by atoms with Crippen molar-refractivity contribution in [3.8, 4) is 0 Å². The molecule has 2 saturated carbocycles. The molecule has 1 spiro atoms. The second kappa shape index (κ2) is 6.89. The van der Waals surface area contributed by atoms with E-state index in [4.69, 9.17) is 0 Å². The van der Waals surface area contributed by atoms with Crippen LogP contribution in [0.2, 0.25) is 0 Å². The van der Waals surface area contributed by atoms with Gasteiger partial charge in [0.2, 0.25) is 5.91 Å². The summed E-state index contributed by atoms with van der Waals surface area (Å²) in [5.74, 6) is -1.34. The van der Waals surface area contributed by atoms with E-state index in [0.717, 1.165) is 37.0 Å². The van der Waals surface area contributed by atoms with E-state index in [0.29, 0.717) is 18.8 Å². The van der Waals surface area contributed by atoms with Gasteiger partial charge in [-0.05, 0) is 51.4 Å². The summed E-state index contributed by atoms with van der Waals surface area (Å²) in [7, 11) is 0. The van der Waals surface area contributed by atoms with Gasteiger partial charge in [0.05, 0.1) is 0 Å². The highest BCUT2D eigenvalue weighted by atomic mass is 16.4. The van der Waals surface area contributed by atoms with Gasteiger partial charge in [0.15, 0.2) is 0 Å². The fraction of sp³-hybridized carbons (Fsp3) is 0.778. The van der Waals surface area contributed by atoms with Crippen molar-refractivity contribution in [3.63, 3.8) is 0 Å². The molecule has 0 aromatic rings. The summed E-state index contributed by atoms with van der Waals surface area (Å²) < 4.78 is 0. The molecule has 0 bridgehead atoms. The first-order valence-electron chi connectivity index (χ1n) is 9.47. The monoisotopic (exact) mass is 365 g/mol. The number of carbonyl (C=O) groups excluding carboxylic acids is 3. The molecule has 8 nitrogen and oxygen atoms in total. The third-order valence-corrected chi connectivity index (χ3v) is 6.08. The van der Waals surface area contributed by atoms with Gasteiger partial charge in [0.1, 0.15) is 18.1 Å². The summed E-state index contributed by atoms with van der Waals surface area (Å²) in [6.07, 6.45) is 5.53. The Morgan fingerprint density at radius 3 is 2.38 bits per heavy atom. The van der Waals surface area contributed by atoms with Crippen LogP contribution in [0.5, 0.6) is 0 Å². The molecule has 3 rings (SSSR count). The number of amides is 4. The van der Waals surface area contributed by atoms with E-state index >= 15 is 0 Å². The number of nitrogens with zero attached hydrogens (tertiary/aromatic N) is 2. The summed E-state index contributed by atoms with van der Waals surface area (Å²) >= 11 is 0. The molecule has 0 aromatic heterocycles. The molecule has 0 radical (unpaired) electrons. The second-order valence-corrected chi connectivity index (χ2v) is 7.80. The van der Waals surface area contributed by atoms with E-state index in [1.807, 2.05) is 0 Å². The largest absolute Gasteiger partial charge is 0.480 e. The van der Waals surface area contributed by atoms with Gasteiger partial charge < -0.3 is 15.3 Å². The molecule has 1 atom stereocenters. The minimum atomic E-state index is -1.09. The van der Waals surface area contributed by atoms with E-state index in [9.17, 15) is 24.3 Å². The Morgan fingerprint density at radius 1 is 1.27 bits per heavy atom. The molecular weight excluding hydrogens is 338 g/mol. The molecule has 26 heavy (non-hydrogen) atoms. The van der Waals surface area contributed by atoms with E-state index < -0.39 is 36.0 Å². The minimum Gasteiger partial charge on any atom is -0.480 e. The standard InChI is InChI=1S/C18H27N3O5/c1-3-12-6-8-18(9-7-12)16(25)20(17(26)19-18)10-14(22)21(13-4-5-13)11(2)15(23)24/h11-13H,3-10H2,1-2H3,(H,19,26)(H,23,24). The van der Waals surface area contributed by atoms with Crippen LogP contribution < -0.4 is 5.32 Å². The van der Waals surface area contributed by atoms with Crippen LogP contribution in [0.25, 0.3) is 0 Å². The van der Waals surface area contributed by atoms with Gasteiger partial charge in [-0.1, -0.05) is 13.3 Å². The van der Waals surface area contributed by atoms with Crippen molar-refractivity contribution in [1.29, 1.82) is 0 Å². The highest BCUT2D eigenvalue weighted by molar-refractivity contribution is 6.09. The van der Waals surface area contributed by atoms with Crippen molar-refractivity contribution in [2.75, 3.05) is 6.54 Å². The highest BCUT2D eigenvalue weighted by Crippen LogP contribution is 2.38. The molecule has 3 fully saturated rings. The van der Waals surface area contributed by atoms with Gasteiger partial charge in [0.25, 0.3) is 5.91 Å². The Morgan fingerprint density at radius 2 is 1.88 bits per heavy atom. The lowest BCUT2D eigenvalue weighted by Gasteiger charge is -2.34. The Hall–Kier alpha value is -2.12. The van der Waals surface area contributed by atoms with E-state index in [1.165, 1.54) is 11.8 Å². The van der Waals surface area contributed by atoms with Crippen molar-refractivity contribution in [2.24, 2.45) is 5.92 Å². The van der Waals surface area contributed by atoms with Crippen LogP contribution >= 0.6 is 0 Å². The quantitative estimate of drug-likeness (QED) is 0.691. The Balaban J connectivity index is 1.69. The topological polar surface area (TPSA) is 107 Å². The van der Waals surface area contributed by atoms with Gasteiger partial charge in [0, 0.05) is 6.04 Å². The van der Waals surface area contributed by atoms with Crippen LogP contribution in [0.3, 0.4) is 0 Å². The maximum atomic E-state index is 12.9. The number of nitrogens with one attached hydrogen (secondary N) is 1. The van der Waals surface area contributed by atoms with Crippen molar-refractivity contribution < 1.29 is 24.3 Å². The average molecular weight is 365 g/mol. The van der Waals surface area contributed by atoms with Crippen LogP contribution in [0.1, 0.15) is 58.8 Å². The molecule has 144 valence electrons. The summed E-state index contributed by atoms with van der Waals surface area (Å²) in [6.45, 7) is 3.19.